The number of hydrogen-bond acceptors (Lipinski definition) is 4. The van der Waals surface area contributed by atoms with Crippen molar-refractivity contribution in [2.45, 2.75) is 26.9 Å². The van der Waals surface area contributed by atoms with Gasteiger partial charge in [0.05, 0.1) is 11.9 Å². The number of thiophene rings is 1. The Balaban J connectivity index is 1.73. The van der Waals surface area contributed by atoms with Gasteiger partial charge in [-0.15, -0.1) is 11.3 Å². The fraction of sp³-hybridized carbons (Fsp3) is 0.174. The summed E-state index contributed by atoms with van der Waals surface area (Å²) in [6.07, 6.45) is 0. The number of carbonyl (C=O) groups is 1. The Labute approximate surface area is 177 Å². The van der Waals surface area contributed by atoms with Crippen molar-refractivity contribution in [3.05, 3.63) is 97.5 Å². The molecule has 152 valence electrons. The van der Waals surface area contributed by atoms with Gasteiger partial charge in [-0.3, -0.25) is 19.1 Å². The summed E-state index contributed by atoms with van der Waals surface area (Å²) in [5.41, 5.74) is 1.49. The molecule has 2 aromatic heterocycles. The molecule has 0 fully saturated rings. The molecule has 0 saturated heterocycles. The van der Waals surface area contributed by atoms with Crippen LogP contribution in [0.15, 0.2) is 70.3 Å². The number of fused-ring (bicyclic) bond motifs is 1. The van der Waals surface area contributed by atoms with E-state index in [0.717, 1.165) is 20.6 Å². The molecule has 1 amide bonds. The molecule has 7 heteroatoms. The topological polar surface area (TPSA) is 75.2 Å². The molecule has 4 aromatic rings. The fourth-order valence-corrected chi connectivity index (χ4v) is 4.47. The minimum atomic E-state index is -0.574. The lowest BCUT2D eigenvalue weighted by molar-refractivity contribution is -0.119. The van der Waals surface area contributed by atoms with Gasteiger partial charge in [0.2, 0.25) is 5.91 Å². The van der Waals surface area contributed by atoms with E-state index in [4.69, 9.17) is 0 Å². The lowest BCUT2D eigenvalue weighted by Crippen LogP contribution is -2.42. The fourth-order valence-electron chi connectivity index (χ4n) is 3.43. The first-order chi connectivity index (χ1) is 14.5. The van der Waals surface area contributed by atoms with Gasteiger partial charge in [-0.05, 0) is 37.1 Å². The molecule has 0 aliphatic heterocycles. The van der Waals surface area contributed by atoms with Gasteiger partial charge in [0, 0.05) is 10.6 Å². The summed E-state index contributed by atoms with van der Waals surface area (Å²) < 4.78 is 0.991. The van der Waals surface area contributed by atoms with Crippen LogP contribution in [0.4, 0.5) is 5.69 Å². The lowest BCUT2D eigenvalue weighted by Gasteiger charge is -2.23. The molecule has 0 aliphatic rings. The summed E-state index contributed by atoms with van der Waals surface area (Å²) in [6, 6.07) is 18.9. The maximum atomic E-state index is 13.3. The average molecular weight is 420 g/mol. The monoisotopic (exact) mass is 419 g/mol. The van der Waals surface area contributed by atoms with Crippen molar-refractivity contribution in [2.75, 3.05) is 4.90 Å². The quantitative estimate of drug-likeness (QED) is 0.537. The van der Waals surface area contributed by atoms with Crippen LogP contribution in [-0.4, -0.2) is 15.5 Å². The Morgan fingerprint density at radius 2 is 1.63 bits per heavy atom. The summed E-state index contributed by atoms with van der Waals surface area (Å²) in [5.74, 6) is -0.332. The molecule has 4 rings (SSSR count). The van der Waals surface area contributed by atoms with E-state index >= 15 is 0 Å². The number of aryl methyl sites for hydroxylation is 2. The van der Waals surface area contributed by atoms with E-state index in [1.165, 1.54) is 11.3 Å². The number of para-hydroxylation sites is 1. The number of nitrogens with zero attached hydrogens (tertiary/aromatic N) is 2. The molecule has 0 radical (unpaired) electrons. The number of nitrogens with one attached hydrogen (secondary N) is 1. The minimum absolute atomic E-state index is 0.332. The second-order valence-corrected chi connectivity index (χ2v) is 8.33. The zero-order chi connectivity index (χ0) is 21.3. The predicted octanol–water partition coefficient (Wildman–Crippen LogP) is 3.60. The number of aromatic amines is 1. The highest BCUT2D eigenvalue weighted by molar-refractivity contribution is 7.18. The summed E-state index contributed by atoms with van der Waals surface area (Å²) in [7, 11) is 0. The molecular formula is C23H21N3O3S. The van der Waals surface area contributed by atoms with Gasteiger partial charge in [0.25, 0.3) is 5.56 Å². The minimum Gasteiger partial charge on any atom is -0.306 e. The molecule has 0 aliphatic carbocycles. The zero-order valence-electron chi connectivity index (χ0n) is 16.7. The number of amides is 1. The summed E-state index contributed by atoms with van der Waals surface area (Å²) in [6.45, 7) is 3.77. The molecule has 2 heterocycles. The molecule has 0 unspecified atom stereocenters. The van der Waals surface area contributed by atoms with Crippen LogP contribution in [0.3, 0.4) is 0 Å². The second kappa shape index (κ2) is 8.12. The first-order valence-corrected chi connectivity index (χ1v) is 10.4. The van der Waals surface area contributed by atoms with E-state index in [-0.39, 0.29) is 12.5 Å². The third-order valence-corrected chi connectivity index (χ3v) is 6.28. The molecular weight excluding hydrogens is 398 g/mol. The maximum absolute atomic E-state index is 13.3. The first-order valence-electron chi connectivity index (χ1n) is 9.58. The maximum Gasteiger partial charge on any atom is 0.329 e. The van der Waals surface area contributed by atoms with Gasteiger partial charge < -0.3 is 4.90 Å². The van der Waals surface area contributed by atoms with E-state index in [2.05, 4.69) is 4.98 Å². The Hall–Kier alpha value is -3.45. The normalized spacial score (nSPS) is 11.0. The largest absolute Gasteiger partial charge is 0.329 e. The SMILES string of the molecule is Cc1sc2[nH]c(=O)n(CC(=O)N(Cc3ccccc3)c3ccccc3)c(=O)c2c1C. The van der Waals surface area contributed by atoms with Crippen molar-refractivity contribution in [3.63, 3.8) is 0 Å². The Morgan fingerprint density at radius 1 is 1.00 bits per heavy atom. The zero-order valence-corrected chi connectivity index (χ0v) is 17.5. The van der Waals surface area contributed by atoms with Gasteiger partial charge in [0.15, 0.2) is 0 Å². The van der Waals surface area contributed by atoms with Crippen LogP contribution in [0.2, 0.25) is 0 Å². The average Bonchev–Trinajstić information content (AvgIpc) is 3.04. The van der Waals surface area contributed by atoms with E-state index in [1.807, 2.05) is 74.5 Å². The van der Waals surface area contributed by atoms with Gasteiger partial charge in [-0.25, -0.2) is 4.79 Å². The third-order valence-electron chi connectivity index (χ3n) is 5.16. The van der Waals surface area contributed by atoms with Crippen LogP contribution >= 0.6 is 11.3 Å². The van der Waals surface area contributed by atoms with Crippen molar-refractivity contribution >= 4 is 33.1 Å². The molecule has 30 heavy (non-hydrogen) atoms. The summed E-state index contributed by atoms with van der Waals surface area (Å²) >= 11 is 1.38. The van der Waals surface area contributed by atoms with E-state index < -0.39 is 11.2 Å². The Bertz CT molecular complexity index is 1320. The van der Waals surface area contributed by atoms with Crippen molar-refractivity contribution in [1.29, 1.82) is 0 Å². The number of benzene rings is 2. The molecule has 0 spiro atoms. The molecule has 2 aromatic carbocycles. The van der Waals surface area contributed by atoms with Crippen LogP contribution in [0.1, 0.15) is 16.0 Å². The second-order valence-electron chi connectivity index (χ2n) is 7.11. The van der Waals surface area contributed by atoms with Crippen LogP contribution in [0.25, 0.3) is 10.2 Å². The highest BCUT2D eigenvalue weighted by atomic mass is 32.1. The Kier molecular flexibility index (Phi) is 5.37. The molecule has 6 nitrogen and oxygen atoms in total. The van der Waals surface area contributed by atoms with Gasteiger partial charge in [0.1, 0.15) is 11.4 Å². The van der Waals surface area contributed by atoms with Crippen molar-refractivity contribution in [3.8, 4) is 0 Å². The smallest absolute Gasteiger partial charge is 0.306 e. The number of carbonyl (C=O) groups excluding carboxylic acids is 1. The van der Waals surface area contributed by atoms with Crippen molar-refractivity contribution < 1.29 is 4.79 Å². The van der Waals surface area contributed by atoms with Gasteiger partial charge >= 0.3 is 5.69 Å². The first kappa shape index (κ1) is 19.8. The van der Waals surface area contributed by atoms with Crippen LogP contribution in [-0.2, 0) is 17.9 Å². The van der Waals surface area contributed by atoms with Crippen molar-refractivity contribution in [1.82, 2.24) is 9.55 Å². The van der Waals surface area contributed by atoms with Gasteiger partial charge in [-0.2, -0.15) is 0 Å². The van der Waals surface area contributed by atoms with Crippen molar-refractivity contribution in [2.24, 2.45) is 0 Å². The van der Waals surface area contributed by atoms with E-state index in [0.29, 0.717) is 22.4 Å². The Morgan fingerprint density at radius 3 is 2.30 bits per heavy atom. The highest BCUT2D eigenvalue weighted by Crippen LogP contribution is 2.25. The molecule has 0 bridgehead atoms. The highest BCUT2D eigenvalue weighted by Gasteiger charge is 2.20. The van der Waals surface area contributed by atoms with Crippen LogP contribution in [0, 0.1) is 13.8 Å². The summed E-state index contributed by atoms with van der Waals surface area (Å²) in [4.78, 5) is 44.7. The number of anilines is 1. The van der Waals surface area contributed by atoms with E-state index in [1.54, 1.807) is 4.90 Å². The molecule has 1 N–H and O–H groups in total. The number of aromatic nitrogens is 2. The molecule has 0 saturated carbocycles. The van der Waals surface area contributed by atoms with Gasteiger partial charge in [-0.1, -0.05) is 48.5 Å². The van der Waals surface area contributed by atoms with Crippen LogP contribution in [0.5, 0.6) is 0 Å². The standard InChI is InChI=1S/C23H21N3O3S/c1-15-16(2)30-21-20(15)22(28)26(23(29)24-21)14-19(27)25(18-11-7-4-8-12-18)13-17-9-5-3-6-10-17/h3-12H,13-14H2,1-2H3,(H,24,29). The number of hydrogen-bond donors (Lipinski definition) is 1. The summed E-state index contributed by atoms with van der Waals surface area (Å²) in [5, 5.41) is 0.472. The third kappa shape index (κ3) is 3.71. The molecule has 0 atom stereocenters. The number of rotatable bonds is 5. The number of H-pyrrole nitrogens is 1. The predicted molar refractivity (Wildman–Crippen MR) is 120 cm³/mol. The van der Waals surface area contributed by atoms with Crippen LogP contribution < -0.4 is 16.1 Å². The lowest BCUT2D eigenvalue weighted by atomic mass is 10.2. The van der Waals surface area contributed by atoms with E-state index in [9.17, 15) is 14.4 Å².